The Morgan fingerprint density at radius 2 is 1.70 bits per heavy atom. The molecule has 3 N–H and O–H groups in total. The van der Waals surface area contributed by atoms with E-state index >= 15 is 0 Å². The van der Waals surface area contributed by atoms with Crippen LogP contribution in [0.15, 0.2) is 48.7 Å². The lowest BCUT2D eigenvalue weighted by Crippen LogP contribution is -2.49. The number of para-hydroxylation sites is 1. The van der Waals surface area contributed by atoms with Gasteiger partial charge in [0, 0.05) is 56.2 Å². The third kappa shape index (κ3) is 6.92. The number of piperidine rings is 2. The number of benzene rings is 1. The number of carbonyl (C=O) groups excluding carboxylic acids is 2. The van der Waals surface area contributed by atoms with E-state index in [2.05, 4.69) is 30.7 Å². The predicted octanol–water partition coefficient (Wildman–Crippen LogP) is 2.97. The van der Waals surface area contributed by atoms with Crippen LogP contribution in [0.25, 0.3) is 0 Å². The number of hydrogen-bond donors (Lipinski definition) is 3. The van der Waals surface area contributed by atoms with E-state index in [0.29, 0.717) is 13.1 Å². The minimum Gasteiger partial charge on any atom is -0.356 e. The number of carbonyl (C=O) groups is 2. The van der Waals surface area contributed by atoms with E-state index in [1.807, 2.05) is 48.7 Å². The van der Waals surface area contributed by atoms with Crippen LogP contribution >= 0.6 is 0 Å². The van der Waals surface area contributed by atoms with Gasteiger partial charge in [0.05, 0.1) is 6.54 Å². The van der Waals surface area contributed by atoms with Crippen molar-refractivity contribution in [3.63, 3.8) is 0 Å². The first kappa shape index (κ1) is 23.0. The molecule has 33 heavy (non-hydrogen) atoms. The van der Waals surface area contributed by atoms with Gasteiger partial charge < -0.3 is 20.9 Å². The highest BCUT2D eigenvalue weighted by Gasteiger charge is 2.22. The van der Waals surface area contributed by atoms with Gasteiger partial charge in [-0.05, 0) is 50.3 Å². The Kier molecular flexibility index (Phi) is 8.14. The zero-order chi connectivity index (χ0) is 22.9. The van der Waals surface area contributed by atoms with E-state index in [1.165, 1.54) is 19.3 Å². The van der Waals surface area contributed by atoms with E-state index in [1.54, 1.807) is 0 Å². The molecule has 0 spiro atoms. The van der Waals surface area contributed by atoms with Crippen molar-refractivity contribution in [1.29, 1.82) is 0 Å². The molecule has 1 aromatic carbocycles. The van der Waals surface area contributed by atoms with Crippen molar-refractivity contribution in [1.82, 2.24) is 20.5 Å². The molecule has 8 nitrogen and oxygen atoms in total. The van der Waals surface area contributed by atoms with Crippen LogP contribution in [-0.2, 0) is 11.3 Å². The van der Waals surface area contributed by atoms with Crippen LogP contribution in [0.4, 0.5) is 16.3 Å². The molecule has 4 rings (SSSR count). The van der Waals surface area contributed by atoms with Gasteiger partial charge in [-0.2, -0.15) is 0 Å². The lowest BCUT2D eigenvalue weighted by atomic mass is 10.1. The van der Waals surface area contributed by atoms with Crippen molar-refractivity contribution in [2.24, 2.45) is 0 Å². The third-order valence-corrected chi connectivity index (χ3v) is 6.31. The summed E-state index contributed by atoms with van der Waals surface area (Å²) in [5.41, 5.74) is 1.86. The Balaban J connectivity index is 1.17. The van der Waals surface area contributed by atoms with Gasteiger partial charge >= 0.3 is 6.03 Å². The number of pyridine rings is 1. The molecule has 0 unspecified atom stereocenters. The lowest BCUT2D eigenvalue weighted by Gasteiger charge is -2.32. The van der Waals surface area contributed by atoms with Crippen molar-refractivity contribution in [2.45, 2.75) is 44.7 Å². The molecule has 176 valence electrons. The SMILES string of the molecule is O=C(CN1CCC(NC(=O)NCc2cccnc2N2CCCCC2)CC1)Nc1ccccc1. The molecule has 0 saturated carbocycles. The maximum atomic E-state index is 12.5. The smallest absolute Gasteiger partial charge is 0.315 e. The van der Waals surface area contributed by atoms with Gasteiger partial charge in [-0.1, -0.05) is 24.3 Å². The number of amides is 3. The van der Waals surface area contributed by atoms with Crippen molar-refractivity contribution < 1.29 is 9.59 Å². The second-order valence-electron chi connectivity index (χ2n) is 8.83. The summed E-state index contributed by atoms with van der Waals surface area (Å²) in [4.78, 5) is 33.8. The van der Waals surface area contributed by atoms with Gasteiger partial charge in [-0.3, -0.25) is 9.69 Å². The van der Waals surface area contributed by atoms with Crippen LogP contribution in [0.5, 0.6) is 0 Å². The van der Waals surface area contributed by atoms with Crippen LogP contribution in [0.3, 0.4) is 0 Å². The quantitative estimate of drug-likeness (QED) is 0.604. The summed E-state index contributed by atoms with van der Waals surface area (Å²) >= 11 is 0. The molecule has 3 heterocycles. The lowest BCUT2D eigenvalue weighted by molar-refractivity contribution is -0.117. The fraction of sp³-hybridized carbons (Fsp3) is 0.480. The molecule has 0 atom stereocenters. The molecule has 3 amide bonds. The van der Waals surface area contributed by atoms with Crippen molar-refractivity contribution in [3.05, 3.63) is 54.2 Å². The topological polar surface area (TPSA) is 89.6 Å². The first-order valence-corrected chi connectivity index (χ1v) is 12.0. The number of rotatable bonds is 7. The Morgan fingerprint density at radius 1 is 0.939 bits per heavy atom. The molecular formula is C25H34N6O2. The maximum absolute atomic E-state index is 12.5. The van der Waals surface area contributed by atoms with E-state index in [4.69, 9.17) is 0 Å². The molecule has 2 aromatic rings. The zero-order valence-electron chi connectivity index (χ0n) is 19.1. The highest BCUT2D eigenvalue weighted by atomic mass is 16.2. The van der Waals surface area contributed by atoms with Gasteiger partial charge in [-0.15, -0.1) is 0 Å². The predicted molar refractivity (Wildman–Crippen MR) is 130 cm³/mol. The maximum Gasteiger partial charge on any atom is 0.315 e. The van der Waals surface area contributed by atoms with Crippen LogP contribution in [0.1, 0.15) is 37.7 Å². The number of aromatic nitrogens is 1. The van der Waals surface area contributed by atoms with Gasteiger partial charge in [-0.25, -0.2) is 9.78 Å². The largest absolute Gasteiger partial charge is 0.356 e. The minimum absolute atomic E-state index is 0.00803. The number of nitrogens with zero attached hydrogens (tertiary/aromatic N) is 3. The Labute approximate surface area is 195 Å². The molecule has 1 aromatic heterocycles. The van der Waals surface area contributed by atoms with Crippen LogP contribution in [0, 0.1) is 0 Å². The fourth-order valence-corrected chi connectivity index (χ4v) is 4.53. The highest BCUT2D eigenvalue weighted by Crippen LogP contribution is 2.21. The van der Waals surface area contributed by atoms with Gasteiger partial charge in [0.25, 0.3) is 0 Å². The number of urea groups is 1. The number of likely N-dealkylation sites (tertiary alicyclic amines) is 1. The van der Waals surface area contributed by atoms with E-state index in [9.17, 15) is 9.59 Å². The first-order chi connectivity index (χ1) is 16.2. The summed E-state index contributed by atoms with van der Waals surface area (Å²) < 4.78 is 0. The molecule has 2 saturated heterocycles. The summed E-state index contributed by atoms with van der Waals surface area (Å²) in [6, 6.07) is 13.4. The summed E-state index contributed by atoms with van der Waals surface area (Å²) in [7, 11) is 0. The van der Waals surface area contributed by atoms with Gasteiger partial charge in [0.15, 0.2) is 0 Å². The molecule has 2 aliphatic heterocycles. The molecule has 2 fully saturated rings. The van der Waals surface area contributed by atoms with Crippen molar-refractivity contribution in [2.75, 3.05) is 42.9 Å². The van der Waals surface area contributed by atoms with Crippen molar-refractivity contribution >= 4 is 23.4 Å². The summed E-state index contributed by atoms with van der Waals surface area (Å²) in [5, 5.41) is 9.02. The second-order valence-corrected chi connectivity index (χ2v) is 8.83. The fourth-order valence-electron chi connectivity index (χ4n) is 4.53. The Hall–Kier alpha value is -3.13. The zero-order valence-corrected chi connectivity index (χ0v) is 19.1. The third-order valence-electron chi connectivity index (χ3n) is 6.31. The summed E-state index contributed by atoms with van der Waals surface area (Å²) in [6.07, 6.45) is 7.14. The van der Waals surface area contributed by atoms with E-state index in [-0.39, 0.29) is 18.0 Å². The van der Waals surface area contributed by atoms with Crippen LogP contribution < -0.4 is 20.9 Å². The summed E-state index contributed by atoms with van der Waals surface area (Å²) in [5.74, 6) is 0.978. The Bertz CT molecular complexity index is 908. The normalized spacial score (nSPS) is 17.4. The average molecular weight is 451 g/mol. The first-order valence-electron chi connectivity index (χ1n) is 12.0. The molecule has 0 radical (unpaired) electrons. The number of hydrogen-bond acceptors (Lipinski definition) is 5. The second kappa shape index (κ2) is 11.7. The summed E-state index contributed by atoms with van der Waals surface area (Å²) in [6.45, 7) is 4.46. The van der Waals surface area contributed by atoms with E-state index < -0.39 is 0 Å². The number of nitrogens with one attached hydrogen (secondary N) is 3. The molecule has 0 aliphatic carbocycles. The monoisotopic (exact) mass is 450 g/mol. The molecule has 0 bridgehead atoms. The van der Waals surface area contributed by atoms with E-state index in [0.717, 1.165) is 56.1 Å². The Morgan fingerprint density at radius 3 is 2.45 bits per heavy atom. The average Bonchev–Trinajstić information content (AvgIpc) is 2.85. The van der Waals surface area contributed by atoms with Gasteiger partial charge in [0.2, 0.25) is 5.91 Å². The minimum atomic E-state index is -0.149. The highest BCUT2D eigenvalue weighted by molar-refractivity contribution is 5.92. The van der Waals surface area contributed by atoms with Crippen LogP contribution in [-0.4, -0.2) is 60.6 Å². The van der Waals surface area contributed by atoms with Gasteiger partial charge in [0.1, 0.15) is 5.82 Å². The molecule has 8 heteroatoms. The molecule has 2 aliphatic rings. The molecular weight excluding hydrogens is 416 g/mol. The standard InChI is InChI=1S/C25H34N6O2/c32-23(28-21-9-3-1-4-10-21)19-30-16-11-22(12-17-30)29-25(33)27-18-20-8-7-13-26-24(20)31-14-5-2-6-15-31/h1,3-4,7-10,13,22H,2,5-6,11-12,14-19H2,(H,28,32)(H2,27,29,33). The van der Waals surface area contributed by atoms with Crippen molar-refractivity contribution in [3.8, 4) is 0 Å². The number of anilines is 2. The van der Waals surface area contributed by atoms with Crippen LogP contribution in [0.2, 0.25) is 0 Å².